The average molecular weight is 348 g/mol. The first kappa shape index (κ1) is 21.6. The molecule has 0 radical (unpaired) electrons. The van der Waals surface area contributed by atoms with Crippen LogP contribution in [0.25, 0.3) is 22.3 Å². The summed E-state index contributed by atoms with van der Waals surface area (Å²) in [6, 6.07) is 27.7. The van der Waals surface area contributed by atoms with Crippen LogP contribution in [0.1, 0.15) is 52.7 Å². The van der Waals surface area contributed by atoms with Crippen LogP contribution in [0.15, 0.2) is 66.7 Å². The second-order valence-corrected chi connectivity index (χ2v) is 9.13. The maximum absolute atomic E-state index is 3.59. The molecule has 0 aliphatic rings. The molecule has 0 saturated carbocycles. The van der Waals surface area contributed by atoms with E-state index in [4.69, 9.17) is 0 Å². The topological polar surface area (TPSA) is 0 Å². The van der Waals surface area contributed by atoms with Crippen LogP contribution in [0.4, 0.5) is 0 Å². The molecule has 0 N–H and O–H groups in total. The third-order valence-corrected chi connectivity index (χ3v) is 4.92. The number of hydrogen-bond donors (Lipinski definition) is 0. The van der Waals surface area contributed by atoms with E-state index >= 15 is 0 Å². The Labute approximate surface area is 177 Å². The average Bonchev–Trinajstić information content (AvgIpc) is 2.61. The van der Waals surface area contributed by atoms with Crippen molar-refractivity contribution in [2.45, 2.75) is 52.4 Å². The van der Waals surface area contributed by atoms with Gasteiger partial charge in [-0.05, 0) is 22.0 Å². The molecule has 0 nitrogen and oxygen atoms in total. The molecule has 134 valence electrons. The van der Waals surface area contributed by atoms with E-state index in [2.05, 4.69) is 114 Å². The molecule has 3 rings (SSSR count). The van der Waals surface area contributed by atoms with Gasteiger partial charge in [0.05, 0.1) is 0 Å². The standard InChI is InChI=1S/C26H29.Li/c1-25(2,3)23-14-10-19(11-15-23)21-8-7-9-22(18-21)20-12-16-24(17-13-20)26(4,5)6;/h7-17H,1-6H3;/q-1;+1. The summed E-state index contributed by atoms with van der Waals surface area (Å²) in [5, 5.41) is 0. The van der Waals surface area contributed by atoms with Gasteiger partial charge < -0.3 is 0 Å². The summed E-state index contributed by atoms with van der Waals surface area (Å²) < 4.78 is 0. The molecule has 0 unspecified atom stereocenters. The van der Waals surface area contributed by atoms with Crippen LogP contribution in [0, 0.1) is 6.07 Å². The summed E-state index contributed by atoms with van der Waals surface area (Å²) in [5.41, 5.74) is 7.78. The molecule has 0 aliphatic heterocycles. The SMILES string of the molecule is CC(C)(C)c1ccc(-c2[c-]c(-c3ccc(C(C)(C)C)cc3)ccc2)cc1.[Li+]. The van der Waals surface area contributed by atoms with Gasteiger partial charge in [-0.15, -0.1) is 35.4 Å². The van der Waals surface area contributed by atoms with Crippen LogP contribution in [-0.4, -0.2) is 0 Å². The second kappa shape index (κ2) is 8.10. The molecule has 0 bridgehead atoms. The van der Waals surface area contributed by atoms with Gasteiger partial charge in [0, 0.05) is 0 Å². The Bertz CT molecular complexity index is 800. The van der Waals surface area contributed by atoms with E-state index < -0.39 is 0 Å². The maximum atomic E-state index is 3.59. The molecule has 0 amide bonds. The number of rotatable bonds is 2. The first-order valence-corrected chi connectivity index (χ1v) is 9.39. The zero-order chi connectivity index (χ0) is 18.9. The fourth-order valence-electron chi connectivity index (χ4n) is 3.11. The van der Waals surface area contributed by atoms with Gasteiger partial charge >= 0.3 is 18.9 Å². The van der Waals surface area contributed by atoms with Gasteiger partial charge in [-0.3, -0.25) is 0 Å². The van der Waals surface area contributed by atoms with E-state index in [1.807, 2.05) is 0 Å². The van der Waals surface area contributed by atoms with Crippen molar-refractivity contribution in [3.63, 3.8) is 0 Å². The molecular weight excluding hydrogens is 319 g/mol. The van der Waals surface area contributed by atoms with Gasteiger partial charge in [0.15, 0.2) is 0 Å². The monoisotopic (exact) mass is 348 g/mol. The minimum absolute atomic E-state index is 0. The Balaban J connectivity index is 0.00000261. The van der Waals surface area contributed by atoms with Gasteiger partial charge in [-0.25, -0.2) is 0 Å². The van der Waals surface area contributed by atoms with Crippen molar-refractivity contribution in [3.05, 3.63) is 83.9 Å². The number of hydrogen-bond acceptors (Lipinski definition) is 0. The minimum atomic E-state index is 0. The van der Waals surface area contributed by atoms with Crippen LogP contribution in [0.5, 0.6) is 0 Å². The normalized spacial score (nSPS) is 11.8. The molecule has 3 aromatic carbocycles. The van der Waals surface area contributed by atoms with E-state index in [9.17, 15) is 0 Å². The third-order valence-electron chi connectivity index (χ3n) is 4.92. The van der Waals surface area contributed by atoms with Crippen molar-refractivity contribution in [2.75, 3.05) is 0 Å². The van der Waals surface area contributed by atoms with Gasteiger partial charge in [-0.2, -0.15) is 0 Å². The molecule has 0 spiro atoms. The van der Waals surface area contributed by atoms with Crippen LogP contribution in [-0.2, 0) is 10.8 Å². The molecule has 0 fully saturated rings. The third kappa shape index (κ3) is 5.16. The molecule has 0 saturated heterocycles. The van der Waals surface area contributed by atoms with Crippen molar-refractivity contribution in [1.82, 2.24) is 0 Å². The smallest absolute Gasteiger partial charge is 0.129 e. The van der Waals surface area contributed by atoms with Gasteiger partial charge in [-0.1, -0.05) is 101 Å². The van der Waals surface area contributed by atoms with Crippen LogP contribution in [0.2, 0.25) is 0 Å². The van der Waals surface area contributed by atoms with Crippen LogP contribution < -0.4 is 18.9 Å². The van der Waals surface area contributed by atoms with Gasteiger partial charge in [0.1, 0.15) is 0 Å². The summed E-state index contributed by atoms with van der Waals surface area (Å²) >= 11 is 0. The molecule has 0 aliphatic carbocycles. The largest absolute Gasteiger partial charge is 1.00 e. The first-order chi connectivity index (χ1) is 12.1. The molecular formula is C26H29Li. The first-order valence-electron chi connectivity index (χ1n) is 9.39. The summed E-state index contributed by atoms with van der Waals surface area (Å²) in [6.45, 7) is 13.5. The van der Waals surface area contributed by atoms with Crippen molar-refractivity contribution in [2.24, 2.45) is 0 Å². The molecule has 3 aromatic rings. The van der Waals surface area contributed by atoms with Crippen LogP contribution in [0.3, 0.4) is 0 Å². The second-order valence-electron chi connectivity index (χ2n) is 9.13. The van der Waals surface area contributed by atoms with E-state index in [-0.39, 0.29) is 29.7 Å². The fraction of sp³-hybridized carbons (Fsp3) is 0.308. The minimum Gasteiger partial charge on any atom is -0.129 e. The van der Waals surface area contributed by atoms with Crippen molar-refractivity contribution in [1.29, 1.82) is 0 Å². The predicted octanol–water partition coefficient (Wildman–Crippen LogP) is 4.42. The number of benzene rings is 3. The molecule has 0 heterocycles. The summed E-state index contributed by atoms with van der Waals surface area (Å²) in [7, 11) is 0. The molecule has 1 heteroatoms. The van der Waals surface area contributed by atoms with E-state index in [1.165, 1.54) is 22.3 Å². The zero-order valence-corrected chi connectivity index (χ0v) is 17.9. The van der Waals surface area contributed by atoms with Crippen molar-refractivity contribution < 1.29 is 18.9 Å². The fourth-order valence-corrected chi connectivity index (χ4v) is 3.11. The molecule has 27 heavy (non-hydrogen) atoms. The maximum Gasteiger partial charge on any atom is 1.00 e. The van der Waals surface area contributed by atoms with Gasteiger partial charge in [0.25, 0.3) is 0 Å². The van der Waals surface area contributed by atoms with Crippen molar-refractivity contribution >= 4 is 0 Å². The Morgan fingerprint density at radius 1 is 0.519 bits per heavy atom. The predicted molar refractivity (Wildman–Crippen MR) is 114 cm³/mol. The molecule has 0 aromatic heterocycles. The Morgan fingerprint density at radius 2 is 0.852 bits per heavy atom. The quantitative estimate of drug-likeness (QED) is 0.475. The van der Waals surface area contributed by atoms with Crippen molar-refractivity contribution in [3.8, 4) is 22.3 Å². The van der Waals surface area contributed by atoms with E-state index in [1.54, 1.807) is 0 Å². The summed E-state index contributed by atoms with van der Waals surface area (Å²) in [6.07, 6.45) is 0. The van der Waals surface area contributed by atoms with E-state index in [0.29, 0.717) is 0 Å². The van der Waals surface area contributed by atoms with Gasteiger partial charge in [0.2, 0.25) is 0 Å². The Hall–Kier alpha value is -1.74. The van der Waals surface area contributed by atoms with E-state index in [0.717, 1.165) is 11.1 Å². The molecule has 0 atom stereocenters. The van der Waals surface area contributed by atoms with Crippen LogP contribution >= 0.6 is 0 Å². The summed E-state index contributed by atoms with van der Waals surface area (Å²) in [5.74, 6) is 0. The zero-order valence-electron chi connectivity index (χ0n) is 17.9. The summed E-state index contributed by atoms with van der Waals surface area (Å²) in [4.78, 5) is 0. The Morgan fingerprint density at radius 3 is 1.15 bits per heavy atom. The Kier molecular flexibility index (Phi) is 6.46.